The van der Waals surface area contributed by atoms with E-state index >= 15 is 0 Å². The van der Waals surface area contributed by atoms with Crippen LogP contribution in [-0.4, -0.2) is 8.42 Å². The van der Waals surface area contributed by atoms with Crippen molar-refractivity contribution in [3.8, 4) is 5.75 Å². The van der Waals surface area contributed by atoms with Crippen LogP contribution < -0.4 is 9.32 Å². The van der Waals surface area contributed by atoms with Crippen LogP contribution in [0.2, 0.25) is 5.02 Å². The van der Waals surface area contributed by atoms with Gasteiger partial charge in [-0.05, 0) is 18.2 Å². The van der Waals surface area contributed by atoms with Crippen LogP contribution in [0.3, 0.4) is 0 Å². The zero-order valence-corrected chi connectivity index (χ0v) is 9.03. The van der Waals surface area contributed by atoms with Gasteiger partial charge in [0.25, 0.3) is 0 Å². The largest absolute Gasteiger partial charge is 0.420 e. The molecule has 0 aliphatic rings. The average Bonchev–Trinajstić information content (AvgIpc) is 2.04. The monoisotopic (exact) mass is 275 g/mol. The number of hydrogen-bond acceptors (Lipinski definition) is 3. The Balaban J connectivity index is 3.29. The number of halogens is 4. The Labute approximate surface area is 94.0 Å². The second kappa shape index (κ2) is 4.11. The highest BCUT2D eigenvalue weighted by Gasteiger charge is 2.35. The first-order valence-electron chi connectivity index (χ1n) is 3.68. The van der Waals surface area contributed by atoms with Crippen LogP contribution in [0.25, 0.3) is 0 Å². The standard InChI is InChI=1S/C7H5ClF3NO3S/c8-4-1-2-6(15-16(12,13)14)5(3-4)7(9,10)11/h1-3H,(H2,12,13,14). The first-order valence-corrected chi connectivity index (χ1v) is 5.53. The van der Waals surface area contributed by atoms with Gasteiger partial charge in [-0.25, -0.2) is 0 Å². The van der Waals surface area contributed by atoms with E-state index in [9.17, 15) is 21.6 Å². The molecule has 0 spiro atoms. The predicted octanol–water partition coefficient (Wildman–Crippen LogP) is 1.94. The Hall–Kier alpha value is -0.990. The highest BCUT2D eigenvalue weighted by atomic mass is 35.5. The van der Waals surface area contributed by atoms with Gasteiger partial charge < -0.3 is 4.18 Å². The lowest BCUT2D eigenvalue weighted by Gasteiger charge is -2.12. The topological polar surface area (TPSA) is 69.4 Å². The molecule has 2 N–H and O–H groups in total. The molecular formula is C7H5ClF3NO3S. The summed E-state index contributed by atoms with van der Waals surface area (Å²) in [6, 6.07) is 2.37. The van der Waals surface area contributed by atoms with Crippen LogP contribution in [-0.2, 0) is 16.5 Å². The average molecular weight is 276 g/mol. The smallest absolute Gasteiger partial charge is 0.370 e. The maximum atomic E-state index is 12.4. The van der Waals surface area contributed by atoms with Gasteiger partial charge in [0.1, 0.15) is 5.56 Å². The summed E-state index contributed by atoms with van der Waals surface area (Å²) in [6.45, 7) is 0. The minimum atomic E-state index is -4.79. The quantitative estimate of drug-likeness (QED) is 0.897. The van der Waals surface area contributed by atoms with Crippen LogP contribution in [0.4, 0.5) is 13.2 Å². The molecule has 0 heterocycles. The second-order valence-corrected chi connectivity index (χ2v) is 4.30. The normalized spacial score (nSPS) is 12.6. The van der Waals surface area contributed by atoms with E-state index in [1.807, 2.05) is 0 Å². The first-order chi connectivity index (χ1) is 7.09. The lowest BCUT2D eigenvalue weighted by Crippen LogP contribution is -2.21. The Morgan fingerprint density at radius 1 is 1.31 bits per heavy atom. The van der Waals surface area contributed by atoms with Gasteiger partial charge in [0.05, 0.1) is 0 Å². The van der Waals surface area contributed by atoms with E-state index in [2.05, 4.69) is 9.32 Å². The fourth-order valence-corrected chi connectivity index (χ4v) is 1.49. The lowest BCUT2D eigenvalue weighted by atomic mass is 10.2. The molecule has 0 bridgehead atoms. The van der Waals surface area contributed by atoms with Gasteiger partial charge in [-0.2, -0.15) is 26.7 Å². The summed E-state index contributed by atoms with van der Waals surface area (Å²) in [5.74, 6) is -0.917. The lowest BCUT2D eigenvalue weighted by molar-refractivity contribution is -0.138. The van der Waals surface area contributed by atoms with Gasteiger partial charge in [-0.1, -0.05) is 11.6 Å². The molecule has 9 heteroatoms. The summed E-state index contributed by atoms with van der Waals surface area (Å²) < 4.78 is 62.3. The fraction of sp³-hybridized carbons (Fsp3) is 0.143. The van der Waals surface area contributed by atoms with E-state index in [-0.39, 0.29) is 5.02 Å². The van der Waals surface area contributed by atoms with Crippen molar-refractivity contribution >= 4 is 21.9 Å². The molecule has 1 rings (SSSR count). The van der Waals surface area contributed by atoms with Crippen LogP contribution in [0.15, 0.2) is 18.2 Å². The van der Waals surface area contributed by atoms with E-state index in [0.717, 1.165) is 12.1 Å². The summed E-state index contributed by atoms with van der Waals surface area (Å²) in [4.78, 5) is 0. The van der Waals surface area contributed by atoms with E-state index in [4.69, 9.17) is 11.6 Å². The van der Waals surface area contributed by atoms with Crippen molar-refractivity contribution in [2.75, 3.05) is 0 Å². The third-order valence-corrected chi connectivity index (χ3v) is 2.10. The van der Waals surface area contributed by atoms with Crippen LogP contribution in [0, 0.1) is 0 Å². The highest BCUT2D eigenvalue weighted by molar-refractivity contribution is 7.84. The molecule has 0 radical (unpaired) electrons. The Kier molecular flexibility index (Phi) is 3.36. The maximum absolute atomic E-state index is 12.4. The number of nitrogens with two attached hydrogens (primary N) is 1. The van der Waals surface area contributed by atoms with Crippen LogP contribution >= 0.6 is 11.6 Å². The van der Waals surface area contributed by atoms with Crippen molar-refractivity contribution < 1.29 is 25.8 Å². The SMILES string of the molecule is NS(=O)(=O)Oc1ccc(Cl)cc1C(F)(F)F. The molecule has 1 aromatic rings. The number of alkyl halides is 3. The summed E-state index contributed by atoms with van der Waals surface area (Å²) in [5.41, 5.74) is -1.31. The minimum absolute atomic E-state index is 0.200. The van der Waals surface area contributed by atoms with Gasteiger partial charge in [0.15, 0.2) is 5.75 Å². The van der Waals surface area contributed by atoms with Gasteiger partial charge in [-0.3, -0.25) is 0 Å². The third-order valence-electron chi connectivity index (χ3n) is 1.45. The molecule has 4 nitrogen and oxygen atoms in total. The molecule has 16 heavy (non-hydrogen) atoms. The van der Waals surface area contributed by atoms with E-state index in [1.165, 1.54) is 0 Å². The van der Waals surface area contributed by atoms with Crippen molar-refractivity contribution in [3.63, 3.8) is 0 Å². The first kappa shape index (κ1) is 13.1. The van der Waals surface area contributed by atoms with Gasteiger partial charge in [0.2, 0.25) is 0 Å². The van der Waals surface area contributed by atoms with Gasteiger partial charge in [-0.15, -0.1) is 0 Å². The molecule has 0 atom stereocenters. The molecule has 0 aliphatic carbocycles. The molecule has 0 saturated carbocycles. The van der Waals surface area contributed by atoms with E-state index in [1.54, 1.807) is 0 Å². The van der Waals surface area contributed by atoms with Crippen LogP contribution in [0.1, 0.15) is 5.56 Å². The summed E-state index contributed by atoms with van der Waals surface area (Å²) in [6.07, 6.45) is -4.79. The number of rotatable bonds is 2. The molecule has 0 amide bonds. The van der Waals surface area contributed by atoms with Crippen molar-refractivity contribution in [2.24, 2.45) is 5.14 Å². The predicted molar refractivity (Wildman–Crippen MR) is 50.2 cm³/mol. The zero-order valence-electron chi connectivity index (χ0n) is 7.45. The zero-order chi connectivity index (χ0) is 12.6. The van der Waals surface area contributed by atoms with E-state index < -0.39 is 27.8 Å². The third kappa shape index (κ3) is 3.54. The van der Waals surface area contributed by atoms with Crippen molar-refractivity contribution in [1.82, 2.24) is 0 Å². The fourth-order valence-electron chi connectivity index (χ4n) is 0.922. The minimum Gasteiger partial charge on any atom is -0.370 e. The maximum Gasteiger partial charge on any atom is 0.420 e. The molecule has 0 saturated heterocycles. The Morgan fingerprint density at radius 2 is 1.88 bits per heavy atom. The number of benzene rings is 1. The molecule has 1 aromatic carbocycles. The Bertz CT molecular complexity index is 500. The summed E-state index contributed by atoms with van der Waals surface area (Å²) in [5, 5.41) is 4.27. The van der Waals surface area contributed by atoms with Gasteiger partial charge >= 0.3 is 16.5 Å². The van der Waals surface area contributed by atoms with Crippen LogP contribution in [0.5, 0.6) is 5.75 Å². The molecular weight excluding hydrogens is 271 g/mol. The van der Waals surface area contributed by atoms with E-state index in [0.29, 0.717) is 6.07 Å². The molecule has 0 fully saturated rings. The van der Waals surface area contributed by atoms with Crippen molar-refractivity contribution in [3.05, 3.63) is 28.8 Å². The molecule has 0 aromatic heterocycles. The highest BCUT2D eigenvalue weighted by Crippen LogP contribution is 2.38. The summed E-state index contributed by atoms with van der Waals surface area (Å²) >= 11 is 5.36. The molecule has 90 valence electrons. The molecule has 0 unspecified atom stereocenters. The van der Waals surface area contributed by atoms with Gasteiger partial charge in [0, 0.05) is 5.02 Å². The second-order valence-electron chi connectivity index (χ2n) is 2.71. The van der Waals surface area contributed by atoms with Crippen molar-refractivity contribution in [2.45, 2.75) is 6.18 Å². The Morgan fingerprint density at radius 3 is 2.31 bits per heavy atom. The van der Waals surface area contributed by atoms with Crippen molar-refractivity contribution in [1.29, 1.82) is 0 Å². The summed E-state index contributed by atoms with van der Waals surface area (Å²) in [7, 11) is -4.52. The molecule has 0 aliphatic heterocycles. The number of hydrogen-bond donors (Lipinski definition) is 1.